The third-order valence-corrected chi connectivity index (χ3v) is 8.54. The van der Waals surface area contributed by atoms with Crippen LogP contribution in [0.5, 0.6) is 11.5 Å². The van der Waals surface area contributed by atoms with Crippen LogP contribution in [0.4, 0.5) is 5.69 Å². The van der Waals surface area contributed by atoms with E-state index in [1.807, 2.05) is 24.3 Å². The Bertz CT molecular complexity index is 1110. The minimum absolute atomic E-state index is 0.115. The lowest BCUT2D eigenvalue weighted by molar-refractivity contribution is -0.134. The molecule has 2 heterocycles. The Morgan fingerprint density at radius 3 is 2.39 bits per heavy atom. The van der Waals surface area contributed by atoms with Crippen molar-refractivity contribution in [3.63, 3.8) is 0 Å². The van der Waals surface area contributed by atoms with E-state index < -0.39 is 16.1 Å². The summed E-state index contributed by atoms with van der Waals surface area (Å²) < 4.78 is 39.1. The average molecular weight is 474 g/mol. The Morgan fingerprint density at radius 2 is 1.70 bits per heavy atom. The Morgan fingerprint density at radius 1 is 0.970 bits per heavy atom. The van der Waals surface area contributed by atoms with E-state index in [1.54, 1.807) is 31.1 Å². The fourth-order valence-electron chi connectivity index (χ4n) is 4.66. The molecule has 2 aliphatic rings. The molecule has 0 N–H and O–H groups in total. The number of carbonyl (C=O) groups is 1. The third kappa shape index (κ3) is 4.52. The van der Waals surface area contributed by atoms with Gasteiger partial charge in [-0.15, -0.1) is 0 Å². The van der Waals surface area contributed by atoms with Gasteiger partial charge in [0.1, 0.15) is 17.5 Å². The van der Waals surface area contributed by atoms with Gasteiger partial charge in [-0.1, -0.05) is 18.2 Å². The molecule has 2 saturated heterocycles. The Hall–Kier alpha value is -2.78. The molecule has 0 saturated carbocycles. The van der Waals surface area contributed by atoms with E-state index in [9.17, 15) is 13.2 Å². The molecule has 0 aliphatic carbocycles. The molecule has 0 unspecified atom stereocenters. The smallest absolute Gasteiger partial charge is 0.244 e. The molecule has 33 heavy (non-hydrogen) atoms. The zero-order chi connectivity index (χ0) is 23.6. The maximum Gasteiger partial charge on any atom is 0.244 e. The lowest BCUT2D eigenvalue weighted by atomic mass is 10.1. The zero-order valence-corrected chi connectivity index (χ0v) is 20.2. The molecule has 0 radical (unpaired) electrons. The summed E-state index contributed by atoms with van der Waals surface area (Å²) in [4.78, 5) is 17.6. The fraction of sp³-hybridized carbons (Fsp3) is 0.458. The van der Waals surface area contributed by atoms with Crippen molar-refractivity contribution in [2.45, 2.75) is 30.7 Å². The molecular weight excluding hydrogens is 442 g/mol. The molecule has 178 valence electrons. The highest BCUT2D eigenvalue weighted by atomic mass is 32.2. The molecule has 0 aromatic heterocycles. The summed E-state index contributed by atoms with van der Waals surface area (Å²) in [5.41, 5.74) is 1.64. The van der Waals surface area contributed by atoms with Crippen LogP contribution in [0.15, 0.2) is 47.4 Å². The number of hydrogen-bond acceptors (Lipinski definition) is 6. The SMILES string of the molecule is COc1ccc(C)c(S(=O)(=O)N2CCC[C@@H]2C(=O)N2CCN(c3ccccc3OC)CC2)c1. The van der Waals surface area contributed by atoms with Crippen LogP contribution in [-0.4, -0.2) is 76.5 Å². The number of ether oxygens (including phenoxy) is 2. The van der Waals surface area contributed by atoms with E-state index >= 15 is 0 Å². The highest BCUT2D eigenvalue weighted by Gasteiger charge is 2.42. The van der Waals surface area contributed by atoms with Gasteiger partial charge in [0.25, 0.3) is 0 Å². The number of nitrogens with zero attached hydrogens (tertiary/aromatic N) is 3. The second-order valence-corrected chi connectivity index (χ2v) is 10.2. The topological polar surface area (TPSA) is 79.4 Å². The molecule has 9 heteroatoms. The first kappa shape index (κ1) is 23.4. The molecule has 2 fully saturated rings. The first-order valence-corrected chi connectivity index (χ1v) is 12.6. The molecule has 2 aromatic rings. The summed E-state index contributed by atoms with van der Waals surface area (Å²) >= 11 is 0. The molecule has 1 amide bonds. The maximum absolute atomic E-state index is 13.5. The van der Waals surface area contributed by atoms with Crippen molar-refractivity contribution < 1.29 is 22.7 Å². The number of piperazine rings is 1. The number of para-hydroxylation sites is 2. The Kier molecular flexibility index (Phi) is 6.81. The molecule has 0 spiro atoms. The largest absolute Gasteiger partial charge is 0.497 e. The van der Waals surface area contributed by atoms with Crippen molar-refractivity contribution in [2.24, 2.45) is 0 Å². The normalized spacial score (nSPS) is 19.5. The number of aryl methyl sites for hydroxylation is 1. The first-order chi connectivity index (χ1) is 15.9. The van der Waals surface area contributed by atoms with Crippen LogP contribution in [0.1, 0.15) is 18.4 Å². The number of rotatable bonds is 6. The van der Waals surface area contributed by atoms with Crippen LogP contribution in [0.2, 0.25) is 0 Å². The quantitative estimate of drug-likeness (QED) is 0.642. The lowest BCUT2D eigenvalue weighted by Crippen LogP contribution is -2.54. The van der Waals surface area contributed by atoms with Gasteiger partial charge in [-0.05, 0) is 43.5 Å². The molecule has 1 atom stereocenters. The van der Waals surface area contributed by atoms with E-state index in [0.29, 0.717) is 56.9 Å². The lowest BCUT2D eigenvalue weighted by Gasteiger charge is -2.38. The van der Waals surface area contributed by atoms with Crippen LogP contribution in [-0.2, 0) is 14.8 Å². The molecular formula is C24H31N3O5S. The second-order valence-electron chi connectivity index (χ2n) is 8.39. The molecule has 2 aromatic carbocycles. The van der Waals surface area contributed by atoms with E-state index in [-0.39, 0.29) is 10.8 Å². The highest BCUT2D eigenvalue weighted by molar-refractivity contribution is 7.89. The van der Waals surface area contributed by atoms with Gasteiger partial charge in [0.2, 0.25) is 15.9 Å². The number of sulfonamides is 1. The van der Waals surface area contributed by atoms with Crippen LogP contribution in [0.25, 0.3) is 0 Å². The Labute approximate surface area is 195 Å². The van der Waals surface area contributed by atoms with Gasteiger partial charge in [-0.25, -0.2) is 8.42 Å². The summed E-state index contributed by atoms with van der Waals surface area (Å²) in [5.74, 6) is 1.17. The van der Waals surface area contributed by atoms with Gasteiger partial charge in [0.15, 0.2) is 0 Å². The predicted octanol–water partition coefficient (Wildman–Crippen LogP) is 2.51. The molecule has 8 nitrogen and oxygen atoms in total. The van der Waals surface area contributed by atoms with Crippen molar-refractivity contribution in [1.82, 2.24) is 9.21 Å². The fourth-order valence-corrected chi connectivity index (χ4v) is 6.55. The highest BCUT2D eigenvalue weighted by Crippen LogP contribution is 2.32. The number of amides is 1. The van der Waals surface area contributed by atoms with Gasteiger partial charge >= 0.3 is 0 Å². The van der Waals surface area contributed by atoms with Gasteiger partial charge in [-0.3, -0.25) is 4.79 Å². The standard InChI is InChI=1S/C24H31N3O5S/c1-18-10-11-19(31-2)17-23(18)33(29,30)27-12-6-8-21(27)24(28)26-15-13-25(14-16-26)20-7-4-5-9-22(20)32-3/h4-5,7,9-11,17,21H,6,8,12-16H2,1-3H3/t21-/m1/s1. The van der Waals surface area contributed by atoms with Gasteiger partial charge in [0.05, 0.1) is 24.8 Å². The Balaban J connectivity index is 1.49. The average Bonchev–Trinajstić information content (AvgIpc) is 3.35. The second kappa shape index (κ2) is 9.61. The predicted molar refractivity (Wildman–Crippen MR) is 126 cm³/mol. The van der Waals surface area contributed by atoms with Crippen molar-refractivity contribution >= 4 is 21.6 Å². The molecule has 2 aliphatic heterocycles. The van der Waals surface area contributed by atoms with Crippen molar-refractivity contribution in [2.75, 3.05) is 51.8 Å². The summed E-state index contributed by atoms with van der Waals surface area (Å²) in [6.45, 7) is 4.52. The minimum atomic E-state index is -3.82. The third-order valence-electron chi connectivity index (χ3n) is 6.49. The number of anilines is 1. The van der Waals surface area contributed by atoms with E-state index in [0.717, 1.165) is 11.4 Å². The summed E-state index contributed by atoms with van der Waals surface area (Å²) in [6.07, 6.45) is 1.20. The van der Waals surface area contributed by atoms with Gasteiger partial charge < -0.3 is 19.3 Å². The van der Waals surface area contributed by atoms with E-state index in [2.05, 4.69) is 4.90 Å². The van der Waals surface area contributed by atoms with E-state index in [1.165, 1.54) is 17.5 Å². The van der Waals surface area contributed by atoms with Crippen molar-refractivity contribution in [1.29, 1.82) is 0 Å². The first-order valence-electron chi connectivity index (χ1n) is 11.2. The summed E-state index contributed by atoms with van der Waals surface area (Å²) in [7, 11) is -0.660. The summed E-state index contributed by atoms with van der Waals surface area (Å²) in [5, 5.41) is 0. The number of carbonyl (C=O) groups excluding carboxylic acids is 1. The maximum atomic E-state index is 13.5. The van der Waals surface area contributed by atoms with Crippen molar-refractivity contribution in [3.05, 3.63) is 48.0 Å². The monoisotopic (exact) mass is 473 g/mol. The van der Waals surface area contributed by atoms with Crippen molar-refractivity contribution in [3.8, 4) is 11.5 Å². The number of benzene rings is 2. The number of methoxy groups -OCH3 is 2. The van der Waals surface area contributed by atoms with Crippen LogP contribution < -0.4 is 14.4 Å². The van der Waals surface area contributed by atoms with E-state index in [4.69, 9.17) is 9.47 Å². The van der Waals surface area contributed by atoms with Gasteiger partial charge in [-0.2, -0.15) is 4.31 Å². The van der Waals surface area contributed by atoms with Crippen LogP contribution in [0.3, 0.4) is 0 Å². The zero-order valence-electron chi connectivity index (χ0n) is 19.4. The van der Waals surface area contributed by atoms with Crippen LogP contribution in [0, 0.1) is 6.92 Å². The molecule has 4 rings (SSSR count). The van der Waals surface area contributed by atoms with Gasteiger partial charge in [0, 0.05) is 38.8 Å². The summed E-state index contributed by atoms with van der Waals surface area (Å²) in [6, 6.07) is 12.2. The molecule has 0 bridgehead atoms. The number of hydrogen-bond donors (Lipinski definition) is 0. The minimum Gasteiger partial charge on any atom is -0.497 e. The van der Waals surface area contributed by atoms with Crippen LogP contribution >= 0.6 is 0 Å².